The minimum absolute atomic E-state index is 0.0428. The Morgan fingerprint density at radius 3 is 2.41 bits per heavy atom. The molecule has 1 aliphatic heterocycles. The quantitative estimate of drug-likeness (QED) is 0.0895. The second-order valence-electron chi connectivity index (χ2n) is 9.89. The van der Waals surface area contributed by atoms with Crippen LogP contribution in [0.5, 0.6) is 5.75 Å². The summed E-state index contributed by atoms with van der Waals surface area (Å²) in [6, 6.07) is 2.23. The van der Waals surface area contributed by atoms with E-state index in [1.54, 1.807) is 19.1 Å². The molecule has 0 aromatic heterocycles. The molecule has 13 nitrogen and oxygen atoms in total. The van der Waals surface area contributed by atoms with Crippen LogP contribution in [0.4, 0.5) is 0 Å². The number of phenolic OH excluding ortho intramolecular Hbond substituents is 1. The molecule has 0 aliphatic carbocycles. The predicted octanol–water partition coefficient (Wildman–Crippen LogP) is -0.593. The van der Waals surface area contributed by atoms with Crippen LogP contribution in [0.2, 0.25) is 0 Å². The highest BCUT2D eigenvalue weighted by Gasteiger charge is 2.38. The van der Waals surface area contributed by atoms with Crippen molar-refractivity contribution in [2.24, 2.45) is 28.1 Å². The van der Waals surface area contributed by atoms with Gasteiger partial charge in [0.25, 0.3) is 0 Å². The summed E-state index contributed by atoms with van der Waals surface area (Å²) >= 11 is 0. The number of carbonyl (C=O) groups is 4. The number of carbonyl (C=O) groups excluding carboxylic acids is 3. The van der Waals surface area contributed by atoms with Crippen molar-refractivity contribution in [2.45, 2.75) is 76.5 Å². The van der Waals surface area contributed by atoms with Gasteiger partial charge in [0.15, 0.2) is 5.96 Å². The van der Waals surface area contributed by atoms with Crippen molar-refractivity contribution >= 4 is 29.7 Å². The number of aliphatic imine (C=N–C) groups is 1. The molecule has 0 bridgehead atoms. The molecule has 1 fully saturated rings. The van der Waals surface area contributed by atoms with Crippen LogP contribution in [0.1, 0.15) is 51.5 Å². The minimum Gasteiger partial charge on any atom is -0.508 e. The van der Waals surface area contributed by atoms with Gasteiger partial charge in [-0.1, -0.05) is 32.4 Å². The fraction of sp³-hybridized carbons (Fsp3) is 0.577. The van der Waals surface area contributed by atoms with Gasteiger partial charge in [-0.05, 0) is 49.3 Å². The maximum absolute atomic E-state index is 13.4. The number of hydrogen-bond donors (Lipinski definition) is 7. The number of rotatable bonds is 14. The van der Waals surface area contributed by atoms with E-state index in [0.29, 0.717) is 50.8 Å². The summed E-state index contributed by atoms with van der Waals surface area (Å²) in [6.07, 6.45) is 2.39. The van der Waals surface area contributed by atoms with Crippen LogP contribution in [-0.4, -0.2) is 82.0 Å². The van der Waals surface area contributed by atoms with Crippen LogP contribution < -0.4 is 27.8 Å². The van der Waals surface area contributed by atoms with Crippen molar-refractivity contribution < 1.29 is 29.4 Å². The Labute approximate surface area is 228 Å². The number of carboxylic acids is 1. The summed E-state index contributed by atoms with van der Waals surface area (Å²) in [5.41, 5.74) is 17.4. The number of aliphatic carboxylic acids is 1. The number of hydrogen-bond acceptors (Lipinski definition) is 7. The molecule has 2 rings (SSSR count). The van der Waals surface area contributed by atoms with Gasteiger partial charge in [0, 0.05) is 19.5 Å². The number of amides is 3. The number of guanidine groups is 1. The van der Waals surface area contributed by atoms with E-state index in [4.69, 9.17) is 17.2 Å². The molecule has 1 aliphatic rings. The summed E-state index contributed by atoms with van der Waals surface area (Å²) in [7, 11) is 0. The van der Waals surface area contributed by atoms with Crippen molar-refractivity contribution in [2.75, 3.05) is 13.1 Å². The van der Waals surface area contributed by atoms with Gasteiger partial charge in [-0.3, -0.25) is 19.4 Å². The Hall–Kier alpha value is -3.87. The highest BCUT2D eigenvalue weighted by atomic mass is 16.4. The van der Waals surface area contributed by atoms with Gasteiger partial charge in [-0.25, -0.2) is 4.79 Å². The van der Waals surface area contributed by atoms with Gasteiger partial charge >= 0.3 is 5.97 Å². The molecule has 5 atom stereocenters. The highest BCUT2D eigenvalue weighted by Crippen LogP contribution is 2.20. The van der Waals surface area contributed by atoms with Crippen LogP contribution in [0.3, 0.4) is 0 Å². The van der Waals surface area contributed by atoms with E-state index in [2.05, 4.69) is 15.6 Å². The third-order valence-corrected chi connectivity index (χ3v) is 6.91. The SMILES string of the molecule is CCC(C)C(NC(=O)C(Cc1ccc(O)cc1)NC(=O)C1CCCN1C(=O)C(N)CCCN=C(N)N)C(=O)O. The monoisotopic (exact) mass is 547 g/mol. The van der Waals surface area contributed by atoms with E-state index in [1.807, 2.05) is 6.92 Å². The molecule has 1 saturated heterocycles. The van der Waals surface area contributed by atoms with E-state index in [0.717, 1.165) is 0 Å². The molecule has 0 radical (unpaired) electrons. The van der Waals surface area contributed by atoms with Gasteiger partial charge in [0.1, 0.15) is 23.9 Å². The molecule has 10 N–H and O–H groups in total. The summed E-state index contributed by atoms with van der Waals surface area (Å²) in [5, 5.41) is 24.5. The largest absolute Gasteiger partial charge is 0.508 e. The van der Waals surface area contributed by atoms with E-state index < -0.39 is 42.0 Å². The lowest BCUT2D eigenvalue weighted by Gasteiger charge is -2.29. The Morgan fingerprint density at radius 1 is 1.15 bits per heavy atom. The molecular formula is C26H41N7O6. The zero-order chi connectivity index (χ0) is 29.1. The van der Waals surface area contributed by atoms with Crippen LogP contribution in [0.15, 0.2) is 29.3 Å². The zero-order valence-corrected chi connectivity index (χ0v) is 22.5. The van der Waals surface area contributed by atoms with Gasteiger partial charge in [-0.15, -0.1) is 0 Å². The summed E-state index contributed by atoms with van der Waals surface area (Å²) < 4.78 is 0. The smallest absolute Gasteiger partial charge is 0.326 e. The van der Waals surface area contributed by atoms with Crippen LogP contribution in [0, 0.1) is 5.92 Å². The molecule has 1 aromatic rings. The molecule has 0 saturated carbocycles. The molecule has 0 spiro atoms. The number of nitrogens with two attached hydrogens (primary N) is 3. The van der Waals surface area contributed by atoms with E-state index in [1.165, 1.54) is 17.0 Å². The molecule has 39 heavy (non-hydrogen) atoms. The normalized spacial score (nSPS) is 17.9. The lowest BCUT2D eigenvalue weighted by Crippen LogP contribution is -2.57. The van der Waals surface area contributed by atoms with E-state index >= 15 is 0 Å². The van der Waals surface area contributed by atoms with Gasteiger partial charge in [0.05, 0.1) is 6.04 Å². The second kappa shape index (κ2) is 14.9. The maximum atomic E-state index is 13.4. The minimum atomic E-state index is -1.17. The van der Waals surface area contributed by atoms with Gasteiger partial charge in [0.2, 0.25) is 17.7 Å². The molecule has 216 valence electrons. The summed E-state index contributed by atoms with van der Waals surface area (Å²) in [5.74, 6) is -3.07. The zero-order valence-electron chi connectivity index (χ0n) is 22.5. The van der Waals surface area contributed by atoms with Crippen molar-refractivity contribution in [3.63, 3.8) is 0 Å². The molecule has 3 amide bonds. The highest BCUT2D eigenvalue weighted by molar-refractivity contribution is 5.94. The predicted molar refractivity (Wildman–Crippen MR) is 145 cm³/mol. The average molecular weight is 548 g/mol. The fourth-order valence-corrected chi connectivity index (χ4v) is 4.44. The number of nitrogens with one attached hydrogen (secondary N) is 2. The van der Waals surface area contributed by atoms with Crippen LogP contribution in [-0.2, 0) is 25.6 Å². The van der Waals surface area contributed by atoms with Crippen molar-refractivity contribution in [1.29, 1.82) is 0 Å². The lowest BCUT2D eigenvalue weighted by molar-refractivity contribution is -0.144. The first kappa shape index (κ1) is 31.3. The average Bonchev–Trinajstić information content (AvgIpc) is 3.39. The van der Waals surface area contributed by atoms with E-state index in [-0.39, 0.29) is 30.0 Å². The first-order valence-electron chi connectivity index (χ1n) is 13.2. The third-order valence-electron chi connectivity index (χ3n) is 6.91. The van der Waals surface area contributed by atoms with Crippen LogP contribution >= 0.6 is 0 Å². The molecule has 1 heterocycles. The van der Waals surface area contributed by atoms with Gasteiger partial charge in [-0.2, -0.15) is 0 Å². The number of nitrogens with zero attached hydrogens (tertiary/aromatic N) is 2. The Balaban J connectivity index is 2.16. The third kappa shape index (κ3) is 9.43. The molecule has 13 heteroatoms. The first-order valence-corrected chi connectivity index (χ1v) is 13.2. The number of carboxylic acid groups (broad SMARTS) is 1. The second-order valence-corrected chi connectivity index (χ2v) is 9.89. The molecule has 1 aromatic carbocycles. The summed E-state index contributed by atoms with van der Waals surface area (Å²) in [6.45, 7) is 4.21. The number of benzene rings is 1. The topological polar surface area (TPSA) is 226 Å². The first-order chi connectivity index (χ1) is 18.4. The Morgan fingerprint density at radius 2 is 1.82 bits per heavy atom. The van der Waals surface area contributed by atoms with Crippen molar-refractivity contribution in [3.8, 4) is 5.75 Å². The standard InChI is InChI=1S/C26H41N7O6/c1-3-15(2)21(25(38)39)32-22(35)19(14-16-8-10-17(34)11-9-16)31-23(36)20-7-5-13-33(20)24(37)18(27)6-4-12-30-26(28)29/h8-11,15,18-21,34H,3-7,12-14,27H2,1-2H3,(H,31,36)(H,32,35)(H,38,39)(H4,28,29,30). The number of aromatic hydroxyl groups is 1. The fourth-order valence-electron chi connectivity index (χ4n) is 4.44. The van der Waals surface area contributed by atoms with Gasteiger partial charge < -0.3 is 42.9 Å². The number of phenols is 1. The van der Waals surface area contributed by atoms with E-state index in [9.17, 15) is 29.4 Å². The Bertz CT molecular complexity index is 1030. The maximum Gasteiger partial charge on any atom is 0.326 e. The van der Waals surface area contributed by atoms with Crippen molar-refractivity contribution in [3.05, 3.63) is 29.8 Å². The molecule has 5 unspecified atom stereocenters. The lowest BCUT2D eigenvalue weighted by atomic mass is 9.98. The van der Waals surface area contributed by atoms with Crippen LogP contribution in [0.25, 0.3) is 0 Å². The summed E-state index contributed by atoms with van der Waals surface area (Å²) in [4.78, 5) is 56.7. The number of likely N-dealkylation sites (tertiary alicyclic amines) is 1. The Kier molecular flexibility index (Phi) is 12.0. The molecular weight excluding hydrogens is 506 g/mol. The van der Waals surface area contributed by atoms with Crippen molar-refractivity contribution in [1.82, 2.24) is 15.5 Å².